The maximum atomic E-state index is 13.3. The first-order valence-electron chi connectivity index (χ1n) is 10.3. The molecular formula is C25H22ClNO6S. The second-order valence-electron chi connectivity index (χ2n) is 7.47. The largest absolute Gasteiger partial charge is 0.507 e. The number of rotatable bonds is 7. The number of thiophene rings is 1. The predicted octanol–water partition coefficient (Wildman–Crippen LogP) is 5.05. The summed E-state index contributed by atoms with van der Waals surface area (Å²) < 4.78 is 16.0. The van der Waals surface area contributed by atoms with E-state index in [4.69, 9.17) is 25.8 Å². The Balaban J connectivity index is 1.94. The molecule has 0 radical (unpaired) electrons. The second kappa shape index (κ2) is 9.79. The van der Waals surface area contributed by atoms with Crippen molar-refractivity contribution in [2.24, 2.45) is 0 Å². The highest BCUT2D eigenvalue weighted by atomic mass is 35.5. The van der Waals surface area contributed by atoms with Crippen LogP contribution in [0, 0.1) is 0 Å². The normalized spacial score (nSPS) is 17.2. The van der Waals surface area contributed by atoms with E-state index in [1.54, 1.807) is 24.3 Å². The van der Waals surface area contributed by atoms with Crippen molar-refractivity contribution in [3.8, 4) is 17.2 Å². The van der Waals surface area contributed by atoms with Gasteiger partial charge in [0.15, 0.2) is 0 Å². The fourth-order valence-electron chi connectivity index (χ4n) is 3.96. The van der Waals surface area contributed by atoms with Crippen LogP contribution in [0.4, 0.5) is 0 Å². The van der Waals surface area contributed by atoms with E-state index in [0.29, 0.717) is 11.3 Å². The van der Waals surface area contributed by atoms with Crippen molar-refractivity contribution < 1.29 is 28.9 Å². The number of aliphatic hydroxyl groups excluding tert-OH is 1. The Morgan fingerprint density at radius 2 is 1.79 bits per heavy atom. The van der Waals surface area contributed by atoms with Gasteiger partial charge in [-0.2, -0.15) is 0 Å². The van der Waals surface area contributed by atoms with Gasteiger partial charge in [0.2, 0.25) is 0 Å². The molecule has 0 saturated carbocycles. The monoisotopic (exact) mass is 499 g/mol. The number of ketones is 1. The molecule has 1 aliphatic rings. The van der Waals surface area contributed by atoms with E-state index >= 15 is 0 Å². The molecule has 7 nitrogen and oxygen atoms in total. The van der Waals surface area contributed by atoms with E-state index < -0.39 is 17.7 Å². The third-order valence-corrected chi connectivity index (χ3v) is 6.74. The minimum absolute atomic E-state index is 0.0579. The Kier molecular flexibility index (Phi) is 6.81. The number of amides is 1. The third kappa shape index (κ3) is 4.22. The highest BCUT2D eigenvalue weighted by Crippen LogP contribution is 2.44. The number of ether oxygens (including phenoxy) is 3. The zero-order valence-electron chi connectivity index (χ0n) is 18.7. The number of hydrogen-bond donors (Lipinski definition) is 1. The quantitative estimate of drug-likeness (QED) is 0.278. The molecule has 1 atom stereocenters. The average Bonchev–Trinajstić information content (AvgIpc) is 3.45. The van der Waals surface area contributed by atoms with E-state index in [1.807, 2.05) is 17.5 Å². The molecule has 2 aromatic carbocycles. The van der Waals surface area contributed by atoms with Gasteiger partial charge in [-0.3, -0.25) is 9.59 Å². The molecule has 0 spiro atoms. The van der Waals surface area contributed by atoms with Gasteiger partial charge in [0.25, 0.3) is 11.7 Å². The summed E-state index contributed by atoms with van der Waals surface area (Å²) in [7, 11) is 4.39. The van der Waals surface area contributed by atoms with Crippen molar-refractivity contribution >= 4 is 40.4 Å². The number of methoxy groups -OCH3 is 3. The second-order valence-corrected chi connectivity index (χ2v) is 8.91. The van der Waals surface area contributed by atoms with Gasteiger partial charge < -0.3 is 24.2 Å². The summed E-state index contributed by atoms with van der Waals surface area (Å²) in [5.41, 5.74) is 0.750. The summed E-state index contributed by atoms with van der Waals surface area (Å²) in [6.07, 6.45) is 0. The highest BCUT2D eigenvalue weighted by molar-refractivity contribution is 7.09. The fraction of sp³-hybridized carbons (Fsp3) is 0.200. The van der Waals surface area contributed by atoms with Gasteiger partial charge in [0.1, 0.15) is 23.0 Å². The SMILES string of the molecule is COc1cccc(C2/C(=C(\O)c3cc(OC)c(Cl)cc3OC)C(=O)C(=O)N2Cc2cccs2)c1. The first kappa shape index (κ1) is 23.7. The van der Waals surface area contributed by atoms with E-state index in [9.17, 15) is 14.7 Å². The number of carbonyl (C=O) groups is 2. The van der Waals surface area contributed by atoms with Gasteiger partial charge in [-0.1, -0.05) is 29.8 Å². The van der Waals surface area contributed by atoms with E-state index in [2.05, 4.69) is 0 Å². The lowest BCUT2D eigenvalue weighted by molar-refractivity contribution is -0.140. The molecule has 1 fully saturated rings. The van der Waals surface area contributed by atoms with Crippen LogP contribution in [-0.4, -0.2) is 43.0 Å². The molecule has 0 bridgehead atoms. The average molecular weight is 500 g/mol. The Hall–Kier alpha value is -3.49. The lowest BCUT2D eigenvalue weighted by atomic mass is 9.94. The molecule has 1 unspecified atom stereocenters. The smallest absolute Gasteiger partial charge is 0.295 e. The molecule has 34 heavy (non-hydrogen) atoms. The van der Waals surface area contributed by atoms with Crippen molar-refractivity contribution in [3.63, 3.8) is 0 Å². The minimum atomic E-state index is -0.844. The molecule has 9 heteroatoms. The van der Waals surface area contributed by atoms with Crippen LogP contribution in [-0.2, 0) is 16.1 Å². The summed E-state index contributed by atoms with van der Waals surface area (Å²) >= 11 is 7.69. The van der Waals surface area contributed by atoms with Crippen LogP contribution in [0.25, 0.3) is 5.76 Å². The van der Waals surface area contributed by atoms with E-state index in [-0.39, 0.29) is 40.0 Å². The highest BCUT2D eigenvalue weighted by Gasteiger charge is 2.46. The molecule has 176 valence electrons. The number of nitrogens with zero attached hydrogens (tertiary/aromatic N) is 1. The molecule has 3 aromatic rings. The van der Waals surface area contributed by atoms with E-state index in [0.717, 1.165) is 4.88 Å². The lowest BCUT2D eigenvalue weighted by Crippen LogP contribution is -2.28. The molecule has 1 saturated heterocycles. The van der Waals surface area contributed by atoms with Crippen LogP contribution in [0.1, 0.15) is 22.0 Å². The first-order valence-corrected chi connectivity index (χ1v) is 11.5. The molecule has 0 aliphatic carbocycles. The minimum Gasteiger partial charge on any atom is -0.507 e. The molecule has 1 amide bonds. The zero-order valence-corrected chi connectivity index (χ0v) is 20.3. The number of carbonyl (C=O) groups excluding carboxylic acids is 2. The van der Waals surface area contributed by atoms with Crippen LogP contribution >= 0.6 is 22.9 Å². The summed E-state index contributed by atoms with van der Waals surface area (Å²) in [4.78, 5) is 28.8. The molecular weight excluding hydrogens is 478 g/mol. The number of aliphatic hydroxyl groups is 1. The third-order valence-electron chi connectivity index (χ3n) is 5.58. The molecule has 2 heterocycles. The van der Waals surface area contributed by atoms with Crippen LogP contribution in [0.3, 0.4) is 0 Å². The Bertz CT molecular complexity index is 1270. The lowest BCUT2D eigenvalue weighted by Gasteiger charge is -2.25. The van der Waals surface area contributed by atoms with Crippen molar-refractivity contribution in [1.82, 2.24) is 4.90 Å². The molecule has 4 rings (SSSR count). The summed E-state index contributed by atoms with van der Waals surface area (Å²) in [5, 5.41) is 13.6. The zero-order chi connectivity index (χ0) is 24.4. The van der Waals surface area contributed by atoms with Gasteiger partial charge in [-0.05, 0) is 35.2 Å². The van der Waals surface area contributed by atoms with Gasteiger partial charge in [0, 0.05) is 10.9 Å². The Morgan fingerprint density at radius 1 is 1.03 bits per heavy atom. The summed E-state index contributed by atoms with van der Waals surface area (Å²) in [6, 6.07) is 12.9. The van der Waals surface area contributed by atoms with Gasteiger partial charge in [-0.15, -0.1) is 11.3 Å². The Labute approximate surface area is 205 Å². The standard InChI is InChI=1S/C25H22ClNO6S/c1-31-15-7-4-6-14(10-15)22-21(24(29)25(30)27(22)13-16-8-5-9-34-16)23(28)17-11-20(33-3)18(26)12-19(17)32-2/h4-12,22,28H,13H2,1-3H3/b23-21+. The van der Waals surface area contributed by atoms with Crippen molar-refractivity contribution in [1.29, 1.82) is 0 Å². The molecule has 1 aromatic heterocycles. The number of halogens is 1. The van der Waals surface area contributed by atoms with Crippen molar-refractivity contribution in [2.75, 3.05) is 21.3 Å². The maximum Gasteiger partial charge on any atom is 0.295 e. The maximum absolute atomic E-state index is 13.3. The fourth-order valence-corrected chi connectivity index (χ4v) is 4.90. The van der Waals surface area contributed by atoms with Gasteiger partial charge in [0.05, 0.1) is 50.1 Å². The van der Waals surface area contributed by atoms with Gasteiger partial charge >= 0.3 is 0 Å². The number of Topliss-reactive ketones (excluding diaryl/α,β-unsaturated/α-hetero) is 1. The van der Waals surface area contributed by atoms with Crippen LogP contribution in [0.2, 0.25) is 5.02 Å². The number of benzene rings is 2. The topological polar surface area (TPSA) is 85.3 Å². The van der Waals surface area contributed by atoms with Crippen molar-refractivity contribution in [2.45, 2.75) is 12.6 Å². The molecule has 1 N–H and O–H groups in total. The molecule has 1 aliphatic heterocycles. The first-order chi connectivity index (χ1) is 16.4. The van der Waals surface area contributed by atoms with Crippen LogP contribution in [0.15, 0.2) is 59.5 Å². The van der Waals surface area contributed by atoms with Crippen LogP contribution < -0.4 is 14.2 Å². The summed E-state index contributed by atoms with van der Waals surface area (Å²) in [6.45, 7) is 0.210. The number of hydrogen-bond acceptors (Lipinski definition) is 7. The van der Waals surface area contributed by atoms with Crippen LogP contribution in [0.5, 0.6) is 17.2 Å². The van der Waals surface area contributed by atoms with E-state index in [1.165, 1.54) is 49.7 Å². The predicted molar refractivity (Wildman–Crippen MR) is 130 cm³/mol. The Morgan fingerprint density at radius 3 is 2.44 bits per heavy atom. The van der Waals surface area contributed by atoms with Gasteiger partial charge in [-0.25, -0.2) is 0 Å². The number of likely N-dealkylation sites (tertiary alicyclic amines) is 1. The van der Waals surface area contributed by atoms with Crippen molar-refractivity contribution in [3.05, 3.63) is 80.5 Å². The summed E-state index contributed by atoms with van der Waals surface area (Å²) in [5.74, 6) is -0.802.